The Morgan fingerprint density at radius 3 is 2.62 bits per heavy atom. The van der Waals surface area contributed by atoms with Gasteiger partial charge in [0.15, 0.2) is 11.6 Å². The maximum Gasteiger partial charge on any atom is 0.230 e. The van der Waals surface area contributed by atoms with Crippen molar-refractivity contribution in [1.82, 2.24) is 5.32 Å². The lowest BCUT2D eigenvalue weighted by Crippen LogP contribution is -2.45. The molecule has 2 heterocycles. The van der Waals surface area contributed by atoms with Gasteiger partial charge in [-0.2, -0.15) is 0 Å². The van der Waals surface area contributed by atoms with E-state index in [9.17, 15) is 13.6 Å². The Morgan fingerprint density at radius 1 is 1.18 bits per heavy atom. The van der Waals surface area contributed by atoms with Crippen LogP contribution < -0.4 is 20.7 Å². The quantitative estimate of drug-likeness (QED) is 0.626. The van der Waals surface area contributed by atoms with Crippen LogP contribution in [0.25, 0.3) is 5.57 Å². The van der Waals surface area contributed by atoms with Crippen LogP contribution in [0.1, 0.15) is 37.3 Å². The molecule has 2 aromatic carbocycles. The van der Waals surface area contributed by atoms with Gasteiger partial charge in [-0.25, -0.2) is 8.78 Å². The van der Waals surface area contributed by atoms with Gasteiger partial charge >= 0.3 is 0 Å². The first kappa shape index (κ1) is 22.5. The number of amides is 1. The Bertz CT molecular complexity index is 1170. The molecule has 5 rings (SSSR count). The smallest absolute Gasteiger partial charge is 0.230 e. The third-order valence-electron chi connectivity index (χ3n) is 6.70. The number of nitrogens with one attached hydrogen (secondary N) is 1. The van der Waals surface area contributed by atoms with Crippen LogP contribution in [0.4, 0.5) is 14.5 Å². The number of allylic oxidation sites excluding steroid dienone is 1. The van der Waals surface area contributed by atoms with Gasteiger partial charge in [0.05, 0.1) is 11.7 Å². The zero-order valence-electron chi connectivity index (χ0n) is 19.1. The van der Waals surface area contributed by atoms with E-state index in [4.69, 9.17) is 10.5 Å². The summed E-state index contributed by atoms with van der Waals surface area (Å²) in [4.78, 5) is 19.6. The number of halogens is 2. The predicted molar refractivity (Wildman–Crippen MR) is 128 cm³/mol. The number of nitrogens with two attached hydrogens (primary N) is 1. The van der Waals surface area contributed by atoms with Gasteiger partial charge in [-0.3, -0.25) is 9.79 Å². The number of ether oxygens (including phenoxy) is 1. The highest BCUT2D eigenvalue weighted by Crippen LogP contribution is 2.45. The molecule has 0 radical (unpaired) electrons. The van der Waals surface area contributed by atoms with Crippen LogP contribution >= 0.6 is 0 Å². The molecule has 1 unspecified atom stereocenters. The number of rotatable bonds is 6. The Morgan fingerprint density at radius 2 is 1.97 bits per heavy atom. The van der Waals surface area contributed by atoms with E-state index >= 15 is 0 Å². The molecule has 1 aliphatic carbocycles. The van der Waals surface area contributed by atoms with Crippen LogP contribution in [0.5, 0.6) is 11.5 Å². The summed E-state index contributed by atoms with van der Waals surface area (Å²) in [6.07, 6.45) is 6.48. The lowest BCUT2D eigenvalue weighted by molar-refractivity contribution is -0.120. The second kappa shape index (κ2) is 9.18. The Hall–Kier alpha value is -3.26. The van der Waals surface area contributed by atoms with Crippen molar-refractivity contribution >= 4 is 23.4 Å². The van der Waals surface area contributed by atoms with Gasteiger partial charge in [-0.05, 0) is 56.9 Å². The van der Waals surface area contributed by atoms with Gasteiger partial charge < -0.3 is 20.7 Å². The zero-order chi connectivity index (χ0) is 23.8. The maximum absolute atomic E-state index is 13.9. The molecule has 2 fully saturated rings. The summed E-state index contributed by atoms with van der Waals surface area (Å²) < 4.78 is 33.7. The highest BCUT2D eigenvalue weighted by molar-refractivity contribution is 6.11. The summed E-state index contributed by atoms with van der Waals surface area (Å²) in [5, 5.41) is 3.18. The largest absolute Gasteiger partial charge is 0.456 e. The summed E-state index contributed by atoms with van der Waals surface area (Å²) in [5.41, 5.74) is 8.98. The molecule has 1 amide bonds. The van der Waals surface area contributed by atoms with Crippen LogP contribution in [0.15, 0.2) is 41.5 Å². The molecule has 3 aliphatic rings. The normalized spacial score (nSPS) is 20.9. The number of fused-ring (bicyclic) bond motifs is 1. The average Bonchev–Trinajstić information content (AvgIpc) is 3.63. The minimum Gasteiger partial charge on any atom is -0.456 e. The van der Waals surface area contributed by atoms with Gasteiger partial charge in [0.2, 0.25) is 5.91 Å². The Labute approximate surface area is 197 Å². The Kier molecular flexibility index (Phi) is 6.08. The minimum atomic E-state index is -0.989. The van der Waals surface area contributed by atoms with E-state index in [2.05, 4.69) is 17.2 Å². The standard InChI is InChI=1S/C26H28F2N4O2/c1-15-2-6-21-24(32(15)26(33)16-3-4-16)9-7-20(17(11-29)12-31-18-13-30-14-18)25(21)34-19-5-8-22(27)23(28)10-19/h5,7-12,15-16,18,30H,2-4,6,13-14,29H2,1H3. The number of hydrogen-bond donors (Lipinski definition) is 2. The number of carbonyl (C=O) groups excluding carboxylic acids is 1. The topological polar surface area (TPSA) is 80.0 Å². The fourth-order valence-corrected chi connectivity index (χ4v) is 4.44. The zero-order valence-corrected chi connectivity index (χ0v) is 19.1. The van der Waals surface area contributed by atoms with Crippen LogP contribution in [0, 0.1) is 17.6 Å². The number of nitrogens with zero attached hydrogens (tertiary/aromatic N) is 2. The molecule has 3 N–H and O–H groups in total. The number of anilines is 1. The molecule has 0 spiro atoms. The number of carbonyl (C=O) groups is 1. The molecule has 6 nitrogen and oxygen atoms in total. The fourth-order valence-electron chi connectivity index (χ4n) is 4.44. The van der Waals surface area contributed by atoms with Crippen molar-refractivity contribution in [3.8, 4) is 11.5 Å². The lowest BCUT2D eigenvalue weighted by atomic mass is 9.91. The van der Waals surface area contributed by atoms with E-state index in [1.807, 2.05) is 17.0 Å². The van der Waals surface area contributed by atoms with Crippen molar-refractivity contribution in [2.75, 3.05) is 18.0 Å². The number of benzene rings is 2. The second-order valence-electron chi connectivity index (χ2n) is 9.20. The highest BCUT2D eigenvalue weighted by atomic mass is 19.2. The molecule has 178 valence electrons. The number of hydrogen-bond acceptors (Lipinski definition) is 5. The third kappa shape index (κ3) is 4.30. The van der Waals surface area contributed by atoms with Gasteiger partial charge in [0, 0.05) is 60.2 Å². The van der Waals surface area contributed by atoms with Crippen molar-refractivity contribution in [2.45, 2.75) is 44.7 Å². The first-order chi connectivity index (χ1) is 16.5. The van der Waals surface area contributed by atoms with Crippen LogP contribution in [-0.2, 0) is 11.2 Å². The third-order valence-corrected chi connectivity index (χ3v) is 6.70. The SMILES string of the molecule is CC1CCc2c(ccc(C(C=NC3CNC3)=CN)c2Oc2ccc(F)c(F)c2)N1C(=O)C1CC1. The van der Waals surface area contributed by atoms with E-state index in [0.717, 1.165) is 55.7 Å². The average molecular weight is 467 g/mol. The Balaban J connectivity index is 1.60. The van der Waals surface area contributed by atoms with Gasteiger partial charge in [0.1, 0.15) is 11.5 Å². The van der Waals surface area contributed by atoms with Gasteiger partial charge in [0.25, 0.3) is 0 Å². The molecule has 2 aliphatic heterocycles. The summed E-state index contributed by atoms with van der Waals surface area (Å²) in [7, 11) is 0. The molecule has 1 saturated carbocycles. The highest BCUT2D eigenvalue weighted by Gasteiger charge is 2.39. The van der Waals surface area contributed by atoms with Crippen molar-refractivity contribution < 1.29 is 18.3 Å². The summed E-state index contributed by atoms with van der Waals surface area (Å²) in [5.74, 6) is -1.07. The van der Waals surface area contributed by atoms with Crippen molar-refractivity contribution in [1.29, 1.82) is 0 Å². The van der Waals surface area contributed by atoms with Gasteiger partial charge in [-0.15, -0.1) is 0 Å². The van der Waals surface area contributed by atoms with Crippen LogP contribution in [-0.4, -0.2) is 37.3 Å². The first-order valence-corrected chi connectivity index (χ1v) is 11.7. The molecule has 0 aromatic heterocycles. The minimum absolute atomic E-state index is 0.0692. The monoisotopic (exact) mass is 466 g/mol. The molecule has 1 saturated heterocycles. The predicted octanol–water partition coefficient (Wildman–Crippen LogP) is 4.18. The fraction of sp³-hybridized carbons (Fsp3) is 0.385. The first-order valence-electron chi connectivity index (χ1n) is 11.7. The molecule has 8 heteroatoms. The van der Waals surface area contributed by atoms with E-state index in [-0.39, 0.29) is 29.7 Å². The second-order valence-corrected chi connectivity index (χ2v) is 9.20. The molecular weight excluding hydrogens is 438 g/mol. The van der Waals surface area contributed by atoms with Gasteiger partial charge in [-0.1, -0.05) is 0 Å². The molecule has 1 atom stereocenters. The van der Waals surface area contributed by atoms with E-state index in [1.165, 1.54) is 12.3 Å². The van der Waals surface area contributed by atoms with Crippen molar-refractivity contribution in [3.63, 3.8) is 0 Å². The number of aliphatic imine (C=N–C) groups is 1. The molecular formula is C26H28F2N4O2. The summed E-state index contributed by atoms with van der Waals surface area (Å²) in [6.45, 7) is 3.68. The lowest BCUT2D eigenvalue weighted by Gasteiger charge is -2.37. The maximum atomic E-state index is 13.9. The van der Waals surface area contributed by atoms with Crippen LogP contribution in [0.2, 0.25) is 0 Å². The van der Waals surface area contributed by atoms with E-state index in [0.29, 0.717) is 23.3 Å². The molecule has 2 aromatic rings. The van der Waals surface area contributed by atoms with Crippen molar-refractivity contribution in [3.05, 3.63) is 59.3 Å². The summed E-state index contributed by atoms with van der Waals surface area (Å²) >= 11 is 0. The van der Waals surface area contributed by atoms with E-state index < -0.39 is 11.6 Å². The molecule has 0 bridgehead atoms. The van der Waals surface area contributed by atoms with Crippen molar-refractivity contribution in [2.24, 2.45) is 16.6 Å². The van der Waals surface area contributed by atoms with E-state index in [1.54, 1.807) is 6.21 Å². The summed E-state index contributed by atoms with van der Waals surface area (Å²) in [6, 6.07) is 7.51. The van der Waals surface area contributed by atoms with Crippen LogP contribution in [0.3, 0.4) is 0 Å². The molecule has 34 heavy (non-hydrogen) atoms.